The molecule has 0 radical (unpaired) electrons. The van der Waals surface area contributed by atoms with Gasteiger partial charge >= 0.3 is 5.97 Å². The third-order valence-electron chi connectivity index (χ3n) is 4.51. The quantitative estimate of drug-likeness (QED) is 0.204. The molecule has 0 fully saturated rings. The van der Waals surface area contributed by atoms with Crippen molar-refractivity contribution >= 4 is 11.8 Å². The second kappa shape index (κ2) is 11.1. The van der Waals surface area contributed by atoms with E-state index in [4.69, 9.17) is 19.5 Å². The molecule has 0 atom stereocenters. The van der Waals surface area contributed by atoms with E-state index in [9.17, 15) is 9.59 Å². The molecule has 0 aliphatic carbocycles. The first-order chi connectivity index (χ1) is 15.6. The highest BCUT2D eigenvalue weighted by Gasteiger charge is 2.08. The van der Waals surface area contributed by atoms with E-state index in [1.807, 2.05) is 24.3 Å². The Morgan fingerprint density at radius 3 is 1.97 bits per heavy atom. The fourth-order valence-electron chi connectivity index (χ4n) is 2.81. The molecule has 0 aromatic heterocycles. The van der Waals surface area contributed by atoms with Crippen molar-refractivity contribution in [3.63, 3.8) is 0 Å². The monoisotopic (exact) mass is 427 g/mol. The summed E-state index contributed by atoms with van der Waals surface area (Å²) >= 11 is 0. The first kappa shape index (κ1) is 22.3. The number of Topliss-reactive ketones (excluding diaryl/α,β-unsaturated/α-hetero) is 1. The average molecular weight is 427 g/mol. The van der Waals surface area contributed by atoms with Gasteiger partial charge in [-0.15, -0.1) is 0 Å². The van der Waals surface area contributed by atoms with Crippen molar-refractivity contribution in [1.29, 1.82) is 5.26 Å². The van der Waals surface area contributed by atoms with Crippen LogP contribution >= 0.6 is 0 Å². The van der Waals surface area contributed by atoms with Crippen molar-refractivity contribution in [3.8, 4) is 28.7 Å². The van der Waals surface area contributed by atoms with E-state index in [1.165, 1.54) is 0 Å². The van der Waals surface area contributed by atoms with Crippen molar-refractivity contribution < 1.29 is 23.8 Å². The van der Waals surface area contributed by atoms with E-state index in [-0.39, 0.29) is 25.6 Å². The summed E-state index contributed by atoms with van der Waals surface area (Å²) < 4.78 is 15.9. The minimum atomic E-state index is -0.501. The number of carbonyl (C=O) groups excluding carboxylic acids is 2. The Kier molecular flexibility index (Phi) is 7.77. The molecule has 0 amide bonds. The Morgan fingerprint density at radius 2 is 1.38 bits per heavy atom. The predicted octanol–water partition coefficient (Wildman–Crippen LogP) is 4.59. The summed E-state index contributed by atoms with van der Waals surface area (Å²) in [6.07, 6.45) is 1.09. The number of nitrogens with zero attached hydrogens (tertiary/aromatic N) is 1. The predicted molar refractivity (Wildman–Crippen MR) is 120 cm³/mol. The number of carbonyl (C=O) groups is 2. The molecule has 0 aliphatic rings. The zero-order valence-electron chi connectivity index (χ0n) is 17.3. The molecule has 0 N–H and O–H groups in total. The van der Waals surface area contributed by atoms with Gasteiger partial charge in [0.05, 0.1) is 11.6 Å². The molecule has 160 valence electrons. The van der Waals surface area contributed by atoms with Gasteiger partial charge in [-0.1, -0.05) is 30.8 Å². The van der Waals surface area contributed by atoms with Gasteiger partial charge < -0.3 is 14.2 Å². The van der Waals surface area contributed by atoms with Crippen LogP contribution in [0.4, 0.5) is 0 Å². The molecule has 0 spiro atoms. The summed E-state index contributed by atoms with van der Waals surface area (Å²) in [5.41, 5.74) is 3.10. The Morgan fingerprint density at radius 1 is 0.812 bits per heavy atom. The maximum absolute atomic E-state index is 12.4. The van der Waals surface area contributed by atoms with Crippen LogP contribution in [-0.2, 0) is 9.53 Å². The van der Waals surface area contributed by atoms with Crippen molar-refractivity contribution in [2.45, 2.75) is 0 Å². The van der Waals surface area contributed by atoms with E-state index in [0.717, 1.165) is 17.2 Å². The van der Waals surface area contributed by atoms with Gasteiger partial charge in [-0.25, -0.2) is 4.79 Å². The molecule has 3 aromatic rings. The number of hydrogen-bond donors (Lipinski definition) is 0. The second-order valence-corrected chi connectivity index (χ2v) is 6.67. The molecule has 0 aliphatic heterocycles. The van der Waals surface area contributed by atoms with Crippen LogP contribution in [0.25, 0.3) is 11.1 Å². The largest absolute Gasteiger partial charge is 0.490 e. The lowest BCUT2D eigenvalue weighted by atomic mass is 10.0. The minimum absolute atomic E-state index is 0.0894. The highest BCUT2D eigenvalue weighted by atomic mass is 16.6. The summed E-state index contributed by atoms with van der Waals surface area (Å²) in [5, 5.41) is 8.89. The van der Waals surface area contributed by atoms with Gasteiger partial charge in [-0.3, -0.25) is 4.79 Å². The van der Waals surface area contributed by atoms with Gasteiger partial charge in [-0.2, -0.15) is 5.26 Å². The second-order valence-electron chi connectivity index (χ2n) is 6.67. The molecule has 0 saturated carbocycles. The summed E-state index contributed by atoms with van der Waals surface area (Å²) in [4.78, 5) is 23.3. The molecule has 6 nitrogen and oxygen atoms in total. The summed E-state index contributed by atoms with van der Waals surface area (Å²) in [6, 6.07) is 23.5. The van der Waals surface area contributed by atoms with Gasteiger partial charge in [-0.05, 0) is 59.7 Å². The number of esters is 1. The molecule has 32 heavy (non-hydrogen) atoms. The summed E-state index contributed by atoms with van der Waals surface area (Å²) in [6.45, 7) is 3.54. The highest BCUT2D eigenvalue weighted by molar-refractivity contribution is 5.97. The summed E-state index contributed by atoms with van der Waals surface area (Å²) in [7, 11) is 0. The Labute approximate surface area is 186 Å². The van der Waals surface area contributed by atoms with E-state index >= 15 is 0 Å². The van der Waals surface area contributed by atoms with Crippen LogP contribution in [0.3, 0.4) is 0 Å². The standard InChI is InChI=1S/C26H21NO5/c1-2-26(29)31-16-15-30-23-13-9-22(10-14-23)25(28)18-32-24-11-7-21(8-12-24)20-5-3-19(17-27)4-6-20/h2-14H,1,15-16,18H2. The van der Waals surface area contributed by atoms with E-state index in [0.29, 0.717) is 22.6 Å². The van der Waals surface area contributed by atoms with E-state index < -0.39 is 5.97 Å². The fourth-order valence-corrected chi connectivity index (χ4v) is 2.81. The van der Waals surface area contributed by atoms with Crippen LogP contribution < -0.4 is 9.47 Å². The van der Waals surface area contributed by atoms with E-state index in [2.05, 4.69) is 12.6 Å². The van der Waals surface area contributed by atoms with Crippen LogP contribution in [0.1, 0.15) is 15.9 Å². The first-order valence-corrected chi connectivity index (χ1v) is 9.87. The number of benzene rings is 3. The molecule has 0 saturated heterocycles. The third-order valence-corrected chi connectivity index (χ3v) is 4.51. The molecule has 0 unspecified atom stereocenters. The molecule has 3 aromatic carbocycles. The maximum atomic E-state index is 12.4. The SMILES string of the molecule is C=CC(=O)OCCOc1ccc(C(=O)COc2ccc(-c3ccc(C#N)cc3)cc2)cc1. The Hall–Kier alpha value is -4.37. The molecule has 0 heterocycles. The maximum Gasteiger partial charge on any atom is 0.330 e. The van der Waals surface area contributed by atoms with Gasteiger partial charge in [0.25, 0.3) is 0 Å². The number of ether oxygens (including phenoxy) is 3. The van der Waals surface area contributed by atoms with Crippen molar-refractivity contribution in [2.75, 3.05) is 19.8 Å². The van der Waals surface area contributed by atoms with Crippen molar-refractivity contribution in [1.82, 2.24) is 0 Å². The Bertz CT molecular complexity index is 1110. The zero-order valence-corrected chi connectivity index (χ0v) is 17.3. The molecule has 0 bridgehead atoms. The third kappa shape index (κ3) is 6.31. The molecule has 6 heteroatoms. The fraction of sp³-hybridized carbons (Fsp3) is 0.115. The zero-order chi connectivity index (χ0) is 22.8. The van der Waals surface area contributed by atoms with Gasteiger partial charge in [0.2, 0.25) is 0 Å². The number of hydrogen-bond acceptors (Lipinski definition) is 6. The molecule has 3 rings (SSSR count). The van der Waals surface area contributed by atoms with Crippen LogP contribution in [0, 0.1) is 11.3 Å². The van der Waals surface area contributed by atoms with Crippen LogP contribution in [0.15, 0.2) is 85.5 Å². The topological polar surface area (TPSA) is 85.6 Å². The number of ketones is 1. The van der Waals surface area contributed by atoms with Gasteiger partial charge in [0.1, 0.15) is 24.7 Å². The summed E-state index contributed by atoms with van der Waals surface area (Å²) in [5.74, 6) is 0.492. The molecular weight excluding hydrogens is 406 g/mol. The highest BCUT2D eigenvalue weighted by Crippen LogP contribution is 2.23. The van der Waals surface area contributed by atoms with Crippen LogP contribution in [0.5, 0.6) is 11.5 Å². The van der Waals surface area contributed by atoms with Crippen LogP contribution in [0.2, 0.25) is 0 Å². The van der Waals surface area contributed by atoms with Crippen LogP contribution in [-0.4, -0.2) is 31.6 Å². The van der Waals surface area contributed by atoms with Gasteiger partial charge in [0, 0.05) is 11.6 Å². The lowest BCUT2D eigenvalue weighted by Crippen LogP contribution is -2.12. The lowest BCUT2D eigenvalue weighted by Gasteiger charge is -2.09. The number of nitriles is 1. The normalized spacial score (nSPS) is 9.97. The van der Waals surface area contributed by atoms with Crippen molar-refractivity contribution in [3.05, 3.63) is 96.6 Å². The minimum Gasteiger partial charge on any atom is -0.490 e. The van der Waals surface area contributed by atoms with E-state index in [1.54, 1.807) is 48.5 Å². The van der Waals surface area contributed by atoms with Gasteiger partial charge in [0.15, 0.2) is 12.4 Å². The first-order valence-electron chi connectivity index (χ1n) is 9.87. The lowest BCUT2D eigenvalue weighted by molar-refractivity contribution is -0.138. The average Bonchev–Trinajstić information content (AvgIpc) is 2.85. The Balaban J connectivity index is 1.48. The smallest absolute Gasteiger partial charge is 0.330 e. The van der Waals surface area contributed by atoms with Crippen molar-refractivity contribution in [2.24, 2.45) is 0 Å². The molecular formula is C26H21NO5. The number of rotatable bonds is 10.